The minimum absolute atomic E-state index is 0.0107. The summed E-state index contributed by atoms with van der Waals surface area (Å²) in [4.78, 5) is 15.9. The first kappa shape index (κ1) is 15.0. The summed E-state index contributed by atoms with van der Waals surface area (Å²) in [6.07, 6.45) is 3.77. The number of piperazine rings is 1. The second-order valence-corrected chi connectivity index (χ2v) is 4.69. The molecule has 0 bridgehead atoms. The van der Waals surface area contributed by atoms with Crippen LogP contribution in [0.25, 0.3) is 0 Å². The van der Waals surface area contributed by atoms with E-state index in [1.807, 2.05) is 13.0 Å². The molecule has 5 nitrogen and oxygen atoms in total. The van der Waals surface area contributed by atoms with Crippen LogP contribution in [0.2, 0.25) is 0 Å². The SMILES string of the molecule is CCOC(=O)NC(C)/C=C/CN1CCN(C)CC1. The molecule has 1 heterocycles. The molecule has 18 heavy (non-hydrogen) atoms. The van der Waals surface area contributed by atoms with Gasteiger partial charge < -0.3 is 15.0 Å². The molecule has 1 aliphatic rings. The Hall–Kier alpha value is -1.07. The zero-order chi connectivity index (χ0) is 13.4. The number of carbonyl (C=O) groups is 1. The van der Waals surface area contributed by atoms with Crippen LogP contribution in [0, 0.1) is 0 Å². The van der Waals surface area contributed by atoms with E-state index in [-0.39, 0.29) is 12.1 Å². The summed E-state index contributed by atoms with van der Waals surface area (Å²) in [5.41, 5.74) is 0. The van der Waals surface area contributed by atoms with Gasteiger partial charge in [0.1, 0.15) is 0 Å². The van der Waals surface area contributed by atoms with Crippen molar-refractivity contribution in [2.24, 2.45) is 0 Å². The van der Waals surface area contributed by atoms with Gasteiger partial charge in [-0.15, -0.1) is 0 Å². The van der Waals surface area contributed by atoms with Crippen LogP contribution < -0.4 is 5.32 Å². The molecule has 0 spiro atoms. The molecule has 1 fully saturated rings. The highest BCUT2D eigenvalue weighted by Crippen LogP contribution is 1.99. The monoisotopic (exact) mass is 255 g/mol. The molecule has 1 saturated heterocycles. The van der Waals surface area contributed by atoms with Gasteiger partial charge in [-0.1, -0.05) is 12.2 Å². The Labute approximate surface area is 110 Å². The van der Waals surface area contributed by atoms with E-state index in [1.54, 1.807) is 6.92 Å². The van der Waals surface area contributed by atoms with Crippen LogP contribution in [0.1, 0.15) is 13.8 Å². The quantitative estimate of drug-likeness (QED) is 0.742. The molecule has 1 rings (SSSR count). The largest absolute Gasteiger partial charge is 0.450 e. The van der Waals surface area contributed by atoms with Crippen LogP contribution in [-0.4, -0.2) is 68.3 Å². The molecule has 0 radical (unpaired) electrons. The molecule has 0 aromatic heterocycles. The zero-order valence-corrected chi connectivity index (χ0v) is 11.7. The van der Waals surface area contributed by atoms with Crippen LogP contribution >= 0.6 is 0 Å². The van der Waals surface area contributed by atoms with Gasteiger partial charge in [-0.2, -0.15) is 0 Å². The molecular formula is C13H25N3O2. The van der Waals surface area contributed by atoms with Gasteiger partial charge in [0.05, 0.1) is 6.61 Å². The summed E-state index contributed by atoms with van der Waals surface area (Å²) in [5.74, 6) is 0. The molecule has 0 aromatic rings. The lowest BCUT2D eigenvalue weighted by atomic mass is 10.3. The molecule has 0 aromatic carbocycles. The molecule has 1 amide bonds. The van der Waals surface area contributed by atoms with Gasteiger partial charge in [0.15, 0.2) is 0 Å². The van der Waals surface area contributed by atoms with Crippen molar-refractivity contribution in [1.82, 2.24) is 15.1 Å². The average molecular weight is 255 g/mol. The minimum Gasteiger partial charge on any atom is -0.450 e. The van der Waals surface area contributed by atoms with E-state index >= 15 is 0 Å². The Morgan fingerprint density at radius 3 is 2.67 bits per heavy atom. The molecule has 1 N–H and O–H groups in total. The summed E-state index contributed by atoms with van der Waals surface area (Å²) in [7, 11) is 2.15. The average Bonchev–Trinajstić information content (AvgIpc) is 2.32. The maximum absolute atomic E-state index is 11.2. The van der Waals surface area contributed by atoms with Crippen LogP contribution in [0.4, 0.5) is 4.79 Å². The smallest absolute Gasteiger partial charge is 0.407 e. The lowest BCUT2D eigenvalue weighted by Gasteiger charge is -2.31. The second-order valence-electron chi connectivity index (χ2n) is 4.69. The number of nitrogens with one attached hydrogen (secondary N) is 1. The molecule has 5 heteroatoms. The number of amides is 1. The predicted molar refractivity (Wildman–Crippen MR) is 72.7 cm³/mol. The first-order valence-electron chi connectivity index (χ1n) is 6.62. The number of nitrogens with zero attached hydrogens (tertiary/aromatic N) is 2. The van der Waals surface area contributed by atoms with Crippen molar-refractivity contribution < 1.29 is 9.53 Å². The van der Waals surface area contributed by atoms with Crippen LogP contribution in [-0.2, 0) is 4.74 Å². The highest BCUT2D eigenvalue weighted by atomic mass is 16.5. The van der Waals surface area contributed by atoms with E-state index in [2.05, 4.69) is 28.2 Å². The summed E-state index contributed by atoms with van der Waals surface area (Å²) in [6.45, 7) is 9.58. The van der Waals surface area contributed by atoms with E-state index in [0.29, 0.717) is 6.61 Å². The van der Waals surface area contributed by atoms with E-state index in [9.17, 15) is 4.79 Å². The Morgan fingerprint density at radius 2 is 2.06 bits per heavy atom. The first-order chi connectivity index (χ1) is 8.61. The van der Waals surface area contributed by atoms with E-state index in [4.69, 9.17) is 4.74 Å². The molecule has 0 aliphatic carbocycles. The maximum atomic E-state index is 11.2. The van der Waals surface area contributed by atoms with Crippen molar-refractivity contribution in [2.45, 2.75) is 19.9 Å². The van der Waals surface area contributed by atoms with Gasteiger partial charge in [0.25, 0.3) is 0 Å². The third-order valence-electron chi connectivity index (χ3n) is 3.01. The Bertz CT molecular complexity index is 273. The van der Waals surface area contributed by atoms with Crippen molar-refractivity contribution in [1.29, 1.82) is 0 Å². The highest BCUT2D eigenvalue weighted by Gasteiger charge is 2.11. The van der Waals surface area contributed by atoms with Gasteiger partial charge >= 0.3 is 6.09 Å². The number of carbonyl (C=O) groups excluding carboxylic acids is 1. The number of hydrogen-bond acceptors (Lipinski definition) is 4. The summed E-state index contributed by atoms with van der Waals surface area (Å²) in [6, 6.07) is 0.0107. The van der Waals surface area contributed by atoms with Gasteiger partial charge in [-0.25, -0.2) is 4.79 Å². The number of hydrogen-bond donors (Lipinski definition) is 1. The normalized spacial score (nSPS) is 19.9. The standard InChI is InChI=1S/C13H25N3O2/c1-4-18-13(17)14-12(2)6-5-7-16-10-8-15(3)9-11-16/h5-6,12H,4,7-11H2,1-3H3,(H,14,17)/b6-5+. The predicted octanol–water partition coefficient (Wildman–Crippen LogP) is 0.925. The third kappa shape index (κ3) is 6.02. The third-order valence-corrected chi connectivity index (χ3v) is 3.01. The van der Waals surface area contributed by atoms with Crippen molar-refractivity contribution in [2.75, 3.05) is 46.4 Å². The van der Waals surface area contributed by atoms with Gasteiger partial charge in [0.2, 0.25) is 0 Å². The fourth-order valence-electron chi connectivity index (χ4n) is 1.85. The van der Waals surface area contributed by atoms with Crippen molar-refractivity contribution >= 4 is 6.09 Å². The van der Waals surface area contributed by atoms with E-state index < -0.39 is 0 Å². The highest BCUT2D eigenvalue weighted by molar-refractivity contribution is 5.67. The topological polar surface area (TPSA) is 44.8 Å². The molecule has 104 valence electrons. The lowest BCUT2D eigenvalue weighted by molar-refractivity contribution is 0.150. The minimum atomic E-state index is -0.353. The Kier molecular flexibility index (Phi) is 6.75. The number of alkyl carbamates (subject to hydrolysis) is 1. The summed E-state index contributed by atoms with van der Waals surface area (Å²) in [5, 5.41) is 2.75. The lowest BCUT2D eigenvalue weighted by Crippen LogP contribution is -2.44. The summed E-state index contributed by atoms with van der Waals surface area (Å²) < 4.78 is 4.82. The van der Waals surface area contributed by atoms with Crippen LogP contribution in [0.5, 0.6) is 0 Å². The molecule has 0 saturated carbocycles. The van der Waals surface area contributed by atoms with E-state index in [1.165, 1.54) is 0 Å². The van der Waals surface area contributed by atoms with Crippen LogP contribution in [0.3, 0.4) is 0 Å². The Balaban J connectivity index is 2.17. The second kappa shape index (κ2) is 8.11. The van der Waals surface area contributed by atoms with Crippen molar-refractivity contribution in [3.63, 3.8) is 0 Å². The fourth-order valence-corrected chi connectivity index (χ4v) is 1.85. The van der Waals surface area contributed by atoms with Gasteiger partial charge in [-0.3, -0.25) is 4.90 Å². The number of ether oxygens (including phenoxy) is 1. The first-order valence-corrected chi connectivity index (χ1v) is 6.62. The molecule has 1 atom stereocenters. The molecule has 1 unspecified atom stereocenters. The van der Waals surface area contributed by atoms with Crippen molar-refractivity contribution in [3.8, 4) is 0 Å². The molecule has 1 aliphatic heterocycles. The number of rotatable bonds is 5. The maximum Gasteiger partial charge on any atom is 0.407 e. The van der Waals surface area contributed by atoms with Crippen molar-refractivity contribution in [3.05, 3.63) is 12.2 Å². The molecular weight excluding hydrogens is 230 g/mol. The Morgan fingerprint density at radius 1 is 1.39 bits per heavy atom. The fraction of sp³-hybridized carbons (Fsp3) is 0.769. The van der Waals surface area contributed by atoms with E-state index in [0.717, 1.165) is 32.7 Å². The zero-order valence-electron chi connectivity index (χ0n) is 11.7. The number of likely N-dealkylation sites (N-methyl/N-ethyl adjacent to an activating group) is 1. The van der Waals surface area contributed by atoms with Gasteiger partial charge in [0, 0.05) is 38.8 Å². The summed E-state index contributed by atoms with van der Waals surface area (Å²) >= 11 is 0. The van der Waals surface area contributed by atoms with Gasteiger partial charge in [-0.05, 0) is 20.9 Å². The van der Waals surface area contributed by atoms with Crippen LogP contribution in [0.15, 0.2) is 12.2 Å².